The summed E-state index contributed by atoms with van der Waals surface area (Å²) in [4.78, 5) is 28.6. The minimum Gasteiger partial charge on any atom is -0.494 e. The molecule has 0 saturated carbocycles. The molecule has 11 nitrogen and oxygen atoms in total. The standard InChI is InChI=1S/C36H47BrN7O4P/c1-6-23-15-29(40-36-38-17-27(37)35(41-36)39-28-7-8-31-33(34(28)49(4)5)48-14-13-47-31)32(46-3)16-30(23)42-11-9-26(10-12-42)44-20-24-18-43(22(2)45)19-25(24)21-44/h7-8,15-17,24-26H,6,9-14,18-21H2,1-5H3,(H2,38,39,40,41)/t24-,25+. The topological polar surface area (TPSA) is 104 Å². The number of fused-ring (bicyclic) bond motifs is 2. The van der Waals surface area contributed by atoms with Gasteiger partial charge in [0.25, 0.3) is 0 Å². The third-order valence-corrected chi connectivity index (χ3v) is 12.4. The molecule has 2 N–H and O–H groups in total. The number of carbonyl (C=O) groups is 1. The lowest BCUT2D eigenvalue weighted by Gasteiger charge is -2.39. The molecule has 13 heteroatoms. The highest BCUT2D eigenvalue weighted by Gasteiger charge is 2.43. The third kappa shape index (κ3) is 7.01. The molecule has 1 amide bonds. The number of aromatic nitrogens is 2. The predicted molar refractivity (Wildman–Crippen MR) is 201 cm³/mol. The second-order valence-corrected chi connectivity index (χ2v) is 16.8. The van der Waals surface area contributed by atoms with Gasteiger partial charge in [0.15, 0.2) is 11.5 Å². The Kier molecular flexibility index (Phi) is 10.1. The maximum atomic E-state index is 11.9. The van der Waals surface area contributed by atoms with Crippen LogP contribution >= 0.6 is 23.9 Å². The number of aryl methyl sites for hydroxylation is 1. The molecule has 3 aromatic rings. The number of nitrogens with zero attached hydrogens (tertiary/aromatic N) is 5. The Morgan fingerprint density at radius 3 is 2.45 bits per heavy atom. The summed E-state index contributed by atoms with van der Waals surface area (Å²) < 4.78 is 18.6. The van der Waals surface area contributed by atoms with E-state index in [0.29, 0.717) is 42.9 Å². The summed E-state index contributed by atoms with van der Waals surface area (Å²) in [5.41, 5.74) is 4.27. The normalized spacial score (nSPS) is 20.9. The van der Waals surface area contributed by atoms with Crippen molar-refractivity contribution in [2.24, 2.45) is 11.8 Å². The van der Waals surface area contributed by atoms with Crippen molar-refractivity contribution >= 4 is 63.9 Å². The third-order valence-electron chi connectivity index (χ3n) is 10.4. The van der Waals surface area contributed by atoms with E-state index in [1.54, 1.807) is 20.2 Å². The van der Waals surface area contributed by atoms with Gasteiger partial charge in [0, 0.05) is 75.5 Å². The maximum Gasteiger partial charge on any atom is 0.229 e. The van der Waals surface area contributed by atoms with Crippen LogP contribution in [0, 0.1) is 11.8 Å². The van der Waals surface area contributed by atoms with Gasteiger partial charge >= 0.3 is 0 Å². The molecule has 7 rings (SSSR count). The van der Waals surface area contributed by atoms with E-state index in [2.05, 4.69) is 73.7 Å². The van der Waals surface area contributed by atoms with E-state index in [1.165, 1.54) is 11.3 Å². The van der Waals surface area contributed by atoms with Gasteiger partial charge in [-0.05, 0) is 84.1 Å². The van der Waals surface area contributed by atoms with Crippen LogP contribution in [-0.4, -0.2) is 105 Å². The molecular formula is C36H47BrN7O4P. The van der Waals surface area contributed by atoms with E-state index in [9.17, 15) is 4.79 Å². The predicted octanol–water partition coefficient (Wildman–Crippen LogP) is 5.81. The van der Waals surface area contributed by atoms with E-state index in [-0.39, 0.29) is 5.91 Å². The van der Waals surface area contributed by atoms with Crippen LogP contribution in [0.3, 0.4) is 0 Å². The van der Waals surface area contributed by atoms with Crippen molar-refractivity contribution in [2.45, 2.75) is 39.2 Å². The highest BCUT2D eigenvalue weighted by atomic mass is 79.9. The quantitative estimate of drug-likeness (QED) is 0.260. The molecule has 0 radical (unpaired) electrons. The van der Waals surface area contributed by atoms with E-state index in [4.69, 9.17) is 19.2 Å². The monoisotopic (exact) mass is 751 g/mol. The van der Waals surface area contributed by atoms with Crippen molar-refractivity contribution in [1.82, 2.24) is 19.8 Å². The number of halogens is 1. The van der Waals surface area contributed by atoms with Crippen LogP contribution in [0.15, 0.2) is 34.9 Å². The first kappa shape index (κ1) is 34.1. The number of methoxy groups -OCH3 is 1. The largest absolute Gasteiger partial charge is 0.494 e. The number of carbonyl (C=O) groups excluding carboxylic acids is 1. The van der Waals surface area contributed by atoms with Gasteiger partial charge in [-0.3, -0.25) is 9.69 Å². The summed E-state index contributed by atoms with van der Waals surface area (Å²) in [7, 11) is 1.22. The van der Waals surface area contributed by atoms with E-state index in [1.807, 2.05) is 17.0 Å². The molecule has 1 aromatic heterocycles. The van der Waals surface area contributed by atoms with Gasteiger partial charge in [0.05, 0.1) is 23.0 Å². The second-order valence-electron chi connectivity index (χ2n) is 13.7. The number of rotatable bonds is 9. The first-order valence-corrected chi connectivity index (χ1v) is 20.4. The number of piperidine rings is 1. The number of anilines is 5. The Bertz CT molecular complexity index is 1690. The van der Waals surface area contributed by atoms with Gasteiger partial charge in [-0.2, -0.15) is 4.98 Å². The fourth-order valence-corrected chi connectivity index (χ4v) is 9.41. The summed E-state index contributed by atoms with van der Waals surface area (Å²) in [6.07, 6.45) is 4.95. The van der Waals surface area contributed by atoms with Crippen LogP contribution in [-0.2, 0) is 11.2 Å². The van der Waals surface area contributed by atoms with E-state index >= 15 is 0 Å². The molecule has 262 valence electrons. The summed E-state index contributed by atoms with van der Waals surface area (Å²) in [6.45, 7) is 15.6. The molecule has 0 spiro atoms. The zero-order valence-electron chi connectivity index (χ0n) is 29.1. The maximum absolute atomic E-state index is 11.9. The lowest BCUT2D eigenvalue weighted by atomic mass is 10.00. The molecule has 4 aliphatic heterocycles. The minimum absolute atomic E-state index is 0.220. The molecule has 3 saturated heterocycles. The van der Waals surface area contributed by atoms with Crippen molar-refractivity contribution < 1.29 is 19.0 Å². The van der Waals surface area contributed by atoms with Gasteiger partial charge in [0.2, 0.25) is 11.9 Å². The minimum atomic E-state index is -0.493. The van der Waals surface area contributed by atoms with E-state index < -0.39 is 7.92 Å². The highest BCUT2D eigenvalue weighted by molar-refractivity contribution is 9.10. The Balaban J connectivity index is 1.05. The number of likely N-dealkylation sites (tertiary alicyclic amines) is 2. The summed E-state index contributed by atoms with van der Waals surface area (Å²) >= 11 is 3.65. The Morgan fingerprint density at radius 2 is 1.78 bits per heavy atom. The van der Waals surface area contributed by atoms with Crippen molar-refractivity contribution in [3.63, 3.8) is 0 Å². The average Bonchev–Trinajstić information content (AvgIpc) is 3.70. The number of amides is 1. The Morgan fingerprint density at radius 1 is 1.04 bits per heavy atom. The van der Waals surface area contributed by atoms with Crippen LogP contribution in [0.1, 0.15) is 32.3 Å². The lowest BCUT2D eigenvalue weighted by Crippen LogP contribution is -2.45. The first-order chi connectivity index (χ1) is 23.7. The molecule has 5 heterocycles. The van der Waals surface area contributed by atoms with Crippen LogP contribution in [0.5, 0.6) is 17.2 Å². The summed E-state index contributed by atoms with van der Waals surface area (Å²) in [6, 6.07) is 8.95. The van der Waals surface area contributed by atoms with Gasteiger partial charge in [-0.25, -0.2) is 4.98 Å². The first-order valence-electron chi connectivity index (χ1n) is 17.3. The molecular weight excluding hydrogens is 705 g/mol. The SMILES string of the molecule is CCc1cc(Nc2ncc(Br)c(Nc3ccc4c(c3P(C)C)OCCO4)n2)c(OC)cc1N1CCC(N2C[C@H]3CN(C(C)=O)C[C@H]3C2)CC1. The van der Waals surface area contributed by atoms with Crippen molar-refractivity contribution in [3.05, 3.63) is 40.5 Å². The van der Waals surface area contributed by atoms with Gasteiger partial charge in [0.1, 0.15) is 24.8 Å². The Labute approximate surface area is 299 Å². The average molecular weight is 753 g/mol. The van der Waals surface area contributed by atoms with E-state index in [0.717, 1.165) is 96.9 Å². The number of nitrogens with one attached hydrogen (secondary N) is 2. The molecule has 2 aromatic carbocycles. The summed E-state index contributed by atoms with van der Waals surface area (Å²) in [5.74, 6) is 4.97. The molecule has 2 atom stereocenters. The second kappa shape index (κ2) is 14.5. The fourth-order valence-electron chi connectivity index (χ4n) is 7.92. The van der Waals surface area contributed by atoms with Gasteiger partial charge < -0.3 is 34.6 Å². The lowest BCUT2D eigenvalue weighted by molar-refractivity contribution is -0.128. The smallest absolute Gasteiger partial charge is 0.229 e. The highest BCUT2D eigenvalue weighted by Crippen LogP contribution is 2.43. The fraction of sp³-hybridized carbons (Fsp3) is 0.528. The van der Waals surface area contributed by atoms with Crippen LogP contribution in [0.2, 0.25) is 0 Å². The zero-order chi connectivity index (χ0) is 34.2. The molecule has 0 unspecified atom stereocenters. The van der Waals surface area contributed by atoms with Crippen LogP contribution in [0.25, 0.3) is 0 Å². The van der Waals surface area contributed by atoms with Gasteiger partial charge in [-0.1, -0.05) is 14.8 Å². The zero-order valence-corrected chi connectivity index (χ0v) is 31.6. The molecule has 4 aliphatic rings. The van der Waals surface area contributed by atoms with Crippen molar-refractivity contribution in [3.8, 4) is 17.2 Å². The van der Waals surface area contributed by atoms with Crippen molar-refractivity contribution in [2.75, 3.05) is 88.5 Å². The molecule has 3 fully saturated rings. The number of ether oxygens (including phenoxy) is 3. The molecule has 0 aliphatic carbocycles. The number of hydrogen-bond acceptors (Lipinski definition) is 10. The molecule has 0 bridgehead atoms. The van der Waals surface area contributed by atoms with Crippen molar-refractivity contribution in [1.29, 1.82) is 0 Å². The van der Waals surface area contributed by atoms with Crippen LogP contribution < -0.4 is 35.0 Å². The number of benzene rings is 2. The molecule has 49 heavy (non-hydrogen) atoms. The number of hydrogen-bond donors (Lipinski definition) is 2. The Hall–Kier alpha value is -3.34. The van der Waals surface area contributed by atoms with Crippen LogP contribution in [0.4, 0.5) is 28.8 Å². The summed E-state index contributed by atoms with van der Waals surface area (Å²) in [5, 5.41) is 8.09. The van der Waals surface area contributed by atoms with Gasteiger partial charge in [-0.15, -0.1) is 0 Å².